The number of carbonyl (C=O) groups is 1. The summed E-state index contributed by atoms with van der Waals surface area (Å²) >= 11 is 5.68. The first-order chi connectivity index (χ1) is 6.93. The van der Waals surface area contributed by atoms with Gasteiger partial charge in [0.2, 0.25) is 0 Å². The molecule has 0 spiro atoms. The van der Waals surface area contributed by atoms with Crippen LogP contribution in [0.1, 0.15) is 11.1 Å². The third kappa shape index (κ3) is 2.47. The number of hydrogen-bond acceptors (Lipinski definition) is 2. The molecule has 1 aromatic rings. The third-order valence-corrected chi connectivity index (χ3v) is 2.32. The zero-order chi connectivity index (χ0) is 11.6. The number of carboxylic acids is 1. The van der Waals surface area contributed by atoms with Crippen LogP contribution in [0.5, 0.6) is 0 Å². The fourth-order valence-corrected chi connectivity index (χ4v) is 1.17. The summed E-state index contributed by atoms with van der Waals surface area (Å²) in [7, 11) is 0. The van der Waals surface area contributed by atoms with E-state index >= 15 is 0 Å². The molecule has 3 N–H and O–H groups in total. The summed E-state index contributed by atoms with van der Waals surface area (Å²) < 4.78 is 13.5. The Labute approximate surface area is 91.0 Å². The van der Waals surface area contributed by atoms with Crippen LogP contribution in [0, 0.1) is 12.7 Å². The van der Waals surface area contributed by atoms with E-state index in [1.165, 1.54) is 19.1 Å². The van der Waals surface area contributed by atoms with Crippen molar-refractivity contribution in [1.29, 1.82) is 0 Å². The molecule has 0 saturated carbocycles. The number of nitrogens with two attached hydrogens (primary N) is 1. The topological polar surface area (TPSA) is 63.3 Å². The molecule has 0 bridgehead atoms. The SMILES string of the molecule is Cc1c(Cl)ccc(/C=C(/N)C(=O)O)c1F. The number of benzene rings is 1. The maximum Gasteiger partial charge on any atom is 0.351 e. The lowest BCUT2D eigenvalue weighted by Crippen LogP contribution is -2.09. The molecule has 1 rings (SSSR count). The van der Waals surface area contributed by atoms with E-state index in [0.717, 1.165) is 6.08 Å². The minimum atomic E-state index is -1.29. The number of hydrogen-bond donors (Lipinski definition) is 2. The van der Waals surface area contributed by atoms with Crippen molar-refractivity contribution >= 4 is 23.6 Å². The lowest BCUT2D eigenvalue weighted by Gasteiger charge is -2.03. The predicted octanol–water partition coefficient (Wildman–Crippen LogP) is 2.17. The molecule has 1 aromatic carbocycles. The van der Waals surface area contributed by atoms with E-state index in [0.29, 0.717) is 5.02 Å². The minimum absolute atomic E-state index is 0.108. The molecule has 0 aliphatic carbocycles. The monoisotopic (exact) mass is 229 g/mol. The molecule has 0 aromatic heterocycles. The van der Waals surface area contributed by atoms with E-state index < -0.39 is 17.5 Å². The van der Waals surface area contributed by atoms with E-state index in [4.69, 9.17) is 22.4 Å². The minimum Gasteiger partial charge on any atom is -0.477 e. The van der Waals surface area contributed by atoms with E-state index in [1.807, 2.05) is 0 Å². The Balaban J connectivity index is 3.23. The largest absolute Gasteiger partial charge is 0.477 e. The summed E-state index contributed by atoms with van der Waals surface area (Å²) in [6.45, 7) is 1.51. The Kier molecular flexibility index (Phi) is 3.31. The Morgan fingerprint density at radius 3 is 2.73 bits per heavy atom. The second kappa shape index (κ2) is 4.31. The fraction of sp³-hybridized carbons (Fsp3) is 0.100. The van der Waals surface area contributed by atoms with Crippen LogP contribution in [0.25, 0.3) is 6.08 Å². The number of rotatable bonds is 2. The zero-order valence-electron chi connectivity index (χ0n) is 7.92. The van der Waals surface area contributed by atoms with Crippen molar-refractivity contribution in [2.75, 3.05) is 0 Å². The summed E-state index contributed by atoms with van der Waals surface area (Å²) in [5.41, 5.74) is 5.12. The van der Waals surface area contributed by atoms with Crippen molar-refractivity contribution in [2.45, 2.75) is 6.92 Å². The molecule has 0 heterocycles. The third-order valence-electron chi connectivity index (χ3n) is 1.91. The van der Waals surface area contributed by atoms with Crippen molar-refractivity contribution in [3.8, 4) is 0 Å². The Morgan fingerprint density at radius 2 is 2.20 bits per heavy atom. The molecular formula is C10H9ClFNO2. The standard InChI is InChI=1S/C10H9ClFNO2/c1-5-7(11)3-2-6(9(5)12)4-8(13)10(14)15/h2-4H,13H2,1H3,(H,14,15)/b8-4+. The summed E-state index contributed by atoms with van der Waals surface area (Å²) in [6.07, 6.45) is 1.06. The summed E-state index contributed by atoms with van der Waals surface area (Å²) in [5.74, 6) is -1.85. The molecule has 0 aliphatic rings. The van der Waals surface area contributed by atoms with Gasteiger partial charge < -0.3 is 10.8 Å². The van der Waals surface area contributed by atoms with Gasteiger partial charge >= 0.3 is 5.97 Å². The molecule has 0 radical (unpaired) electrons. The summed E-state index contributed by atoms with van der Waals surface area (Å²) in [4.78, 5) is 10.4. The van der Waals surface area contributed by atoms with E-state index in [1.54, 1.807) is 0 Å². The highest BCUT2D eigenvalue weighted by Crippen LogP contribution is 2.22. The smallest absolute Gasteiger partial charge is 0.351 e. The quantitative estimate of drug-likeness (QED) is 0.764. The molecule has 3 nitrogen and oxygen atoms in total. The highest BCUT2D eigenvalue weighted by molar-refractivity contribution is 6.31. The second-order valence-corrected chi connectivity index (χ2v) is 3.39. The average molecular weight is 230 g/mol. The highest BCUT2D eigenvalue weighted by Gasteiger charge is 2.09. The highest BCUT2D eigenvalue weighted by atomic mass is 35.5. The molecule has 0 atom stereocenters. The molecule has 0 aliphatic heterocycles. The zero-order valence-corrected chi connectivity index (χ0v) is 8.68. The molecule has 0 amide bonds. The van der Waals surface area contributed by atoms with Crippen molar-refractivity contribution in [2.24, 2.45) is 5.73 Å². The summed E-state index contributed by atoms with van der Waals surface area (Å²) in [6, 6.07) is 2.86. The van der Waals surface area contributed by atoms with Crippen LogP contribution >= 0.6 is 11.6 Å². The van der Waals surface area contributed by atoms with Crippen molar-refractivity contribution < 1.29 is 14.3 Å². The van der Waals surface area contributed by atoms with Crippen LogP contribution < -0.4 is 5.73 Å². The number of aliphatic carboxylic acids is 1. The average Bonchev–Trinajstić information content (AvgIpc) is 2.18. The van der Waals surface area contributed by atoms with Gasteiger partial charge in [0.1, 0.15) is 11.5 Å². The van der Waals surface area contributed by atoms with Gasteiger partial charge in [-0.25, -0.2) is 9.18 Å². The van der Waals surface area contributed by atoms with Gasteiger partial charge in [-0.1, -0.05) is 17.7 Å². The van der Waals surface area contributed by atoms with Crippen LogP contribution in [0.15, 0.2) is 17.8 Å². The number of halogens is 2. The first kappa shape index (κ1) is 11.5. The van der Waals surface area contributed by atoms with Crippen LogP contribution in [-0.2, 0) is 4.79 Å². The molecule has 0 unspecified atom stereocenters. The van der Waals surface area contributed by atoms with Crippen LogP contribution in [0.2, 0.25) is 5.02 Å². The van der Waals surface area contributed by atoms with E-state index in [9.17, 15) is 9.18 Å². The van der Waals surface area contributed by atoms with Crippen LogP contribution in [0.3, 0.4) is 0 Å². The van der Waals surface area contributed by atoms with Gasteiger partial charge in [0.15, 0.2) is 0 Å². The Bertz CT molecular complexity index is 443. The van der Waals surface area contributed by atoms with Gasteiger partial charge in [-0.05, 0) is 19.1 Å². The van der Waals surface area contributed by atoms with Crippen LogP contribution in [0.4, 0.5) is 4.39 Å². The first-order valence-corrected chi connectivity index (χ1v) is 4.46. The molecule has 0 saturated heterocycles. The lowest BCUT2D eigenvalue weighted by atomic mass is 10.1. The van der Waals surface area contributed by atoms with Crippen LogP contribution in [-0.4, -0.2) is 11.1 Å². The van der Waals surface area contributed by atoms with Gasteiger partial charge in [-0.2, -0.15) is 0 Å². The van der Waals surface area contributed by atoms with Crippen molar-refractivity contribution in [1.82, 2.24) is 0 Å². The lowest BCUT2D eigenvalue weighted by molar-refractivity contribution is -0.132. The van der Waals surface area contributed by atoms with Crippen molar-refractivity contribution in [3.05, 3.63) is 39.8 Å². The molecule has 0 fully saturated rings. The maximum atomic E-state index is 13.5. The van der Waals surface area contributed by atoms with Gasteiger partial charge in [-0.3, -0.25) is 0 Å². The predicted molar refractivity (Wildman–Crippen MR) is 55.9 cm³/mol. The van der Waals surface area contributed by atoms with Gasteiger partial charge in [0, 0.05) is 16.1 Å². The second-order valence-electron chi connectivity index (χ2n) is 2.98. The summed E-state index contributed by atoms with van der Waals surface area (Å²) in [5, 5.41) is 8.81. The molecule has 15 heavy (non-hydrogen) atoms. The molecule has 5 heteroatoms. The van der Waals surface area contributed by atoms with E-state index in [-0.39, 0.29) is 11.1 Å². The Morgan fingerprint density at radius 1 is 1.60 bits per heavy atom. The fourth-order valence-electron chi connectivity index (χ4n) is 1.02. The maximum absolute atomic E-state index is 13.5. The number of carboxylic acid groups (broad SMARTS) is 1. The normalized spacial score (nSPS) is 11.5. The molecule has 80 valence electrons. The van der Waals surface area contributed by atoms with E-state index in [2.05, 4.69) is 0 Å². The Hall–Kier alpha value is -1.55. The first-order valence-electron chi connectivity index (χ1n) is 4.08. The van der Waals surface area contributed by atoms with Gasteiger partial charge in [-0.15, -0.1) is 0 Å². The van der Waals surface area contributed by atoms with Gasteiger partial charge in [0.25, 0.3) is 0 Å². The van der Waals surface area contributed by atoms with Crippen molar-refractivity contribution in [3.63, 3.8) is 0 Å². The molecular weight excluding hydrogens is 221 g/mol. The van der Waals surface area contributed by atoms with Gasteiger partial charge in [0.05, 0.1) is 0 Å².